The number of benzene rings is 1. The van der Waals surface area contributed by atoms with Crippen molar-refractivity contribution in [3.8, 4) is 17.3 Å². The van der Waals surface area contributed by atoms with Gasteiger partial charge in [0.25, 0.3) is 0 Å². The van der Waals surface area contributed by atoms with Gasteiger partial charge in [0.15, 0.2) is 5.82 Å². The first kappa shape index (κ1) is 27.4. The SMILES string of the molecule is CCn1c(N2CCC(=O)NC2=O)cnc1-c1ccc2c(n1)[C@@H](CO)N(Cc1ccc(O[C@H]3CCCC[C@@H]3C)cc1)C2. The number of nitrogens with zero attached hydrogens (tertiary/aromatic N) is 5. The van der Waals surface area contributed by atoms with E-state index in [0.29, 0.717) is 55.5 Å². The molecule has 0 bridgehead atoms. The van der Waals surface area contributed by atoms with Crippen LogP contribution in [0.15, 0.2) is 42.6 Å². The van der Waals surface area contributed by atoms with Crippen LogP contribution in [0.2, 0.25) is 0 Å². The maximum atomic E-state index is 12.5. The summed E-state index contributed by atoms with van der Waals surface area (Å²) >= 11 is 0. The van der Waals surface area contributed by atoms with Crippen LogP contribution in [-0.2, 0) is 24.4 Å². The molecule has 2 aromatic heterocycles. The second-order valence-electron chi connectivity index (χ2n) is 11.3. The van der Waals surface area contributed by atoms with Gasteiger partial charge in [-0.1, -0.05) is 31.5 Å². The zero-order valence-electron chi connectivity index (χ0n) is 23.8. The molecule has 2 N–H and O–H groups in total. The summed E-state index contributed by atoms with van der Waals surface area (Å²) < 4.78 is 8.23. The molecule has 1 aromatic carbocycles. The molecule has 3 aromatic rings. The number of urea groups is 1. The quantitative estimate of drug-likeness (QED) is 0.421. The Hall–Kier alpha value is -3.76. The highest BCUT2D eigenvalue weighted by Crippen LogP contribution is 2.36. The van der Waals surface area contributed by atoms with Crippen molar-refractivity contribution >= 4 is 17.8 Å². The van der Waals surface area contributed by atoms with Gasteiger partial charge in [-0.05, 0) is 61.4 Å². The Balaban J connectivity index is 1.18. The fourth-order valence-electron chi connectivity index (χ4n) is 6.34. The molecule has 1 aliphatic carbocycles. The van der Waals surface area contributed by atoms with Crippen molar-refractivity contribution in [3.63, 3.8) is 0 Å². The van der Waals surface area contributed by atoms with E-state index in [2.05, 4.69) is 52.5 Å². The average Bonchev–Trinajstić information content (AvgIpc) is 3.55. The van der Waals surface area contributed by atoms with Gasteiger partial charge in [-0.2, -0.15) is 0 Å². The maximum Gasteiger partial charge on any atom is 0.329 e. The molecule has 3 amide bonds. The van der Waals surface area contributed by atoms with Crippen LogP contribution >= 0.6 is 0 Å². The van der Waals surface area contributed by atoms with Crippen LogP contribution in [0.5, 0.6) is 5.75 Å². The van der Waals surface area contributed by atoms with Crippen molar-refractivity contribution in [2.45, 2.75) is 77.7 Å². The van der Waals surface area contributed by atoms with E-state index in [1.165, 1.54) is 19.3 Å². The number of rotatable bonds is 8. The number of nitrogens with one attached hydrogen (secondary N) is 1. The number of fused-ring (bicyclic) bond motifs is 1. The minimum absolute atomic E-state index is 0.0420. The fraction of sp³-hybridized carbons (Fsp3) is 0.484. The number of imide groups is 1. The van der Waals surface area contributed by atoms with E-state index in [1.807, 2.05) is 17.6 Å². The number of aliphatic hydroxyl groups is 1. The summed E-state index contributed by atoms with van der Waals surface area (Å²) in [6.45, 7) is 6.49. The molecule has 0 radical (unpaired) electrons. The van der Waals surface area contributed by atoms with Crippen molar-refractivity contribution in [2.75, 3.05) is 18.1 Å². The van der Waals surface area contributed by atoms with Crippen LogP contribution in [0.3, 0.4) is 0 Å². The first-order chi connectivity index (χ1) is 19.9. The van der Waals surface area contributed by atoms with E-state index in [-0.39, 0.29) is 25.0 Å². The molecule has 3 aliphatic rings. The largest absolute Gasteiger partial charge is 0.490 e. The van der Waals surface area contributed by atoms with Crippen molar-refractivity contribution in [2.24, 2.45) is 5.92 Å². The Morgan fingerprint density at radius 3 is 2.63 bits per heavy atom. The number of carbonyl (C=O) groups is 2. The smallest absolute Gasteiger partial charge is 0.329 e. The van der Waals surface area contributed by atoms with Gasteiger partial charge in [-0.3, -0.25) is 19.9 Å². The third-order valence-corrected chi connectivity index (χ3v) is 8.65. The summed E-state index contributed by atoms with van der Waals surface area (Å²) in [7, 11) is 0. The molecule has 10 nitrogen and oxygen atoms in total. The molecule has 2 fully saturated rings. The van der Waals surface area contributed by atoms with Gasteiger partial charge in [0.1, 0.15) is 23.4 Å². The molecule has 4 heterocycles. The predicted molar refractivity (Wildman–Crippen MR) is 154 cm³/mol. The van der Waals surface area contributed by atoms with Gasteiger partial charge in [0.05, 0.1) is 24.5 Å². The number of carbonyl (C=O) groups excluding carboxylic acids is 2. The Kier molecular flexibility index (Phi) is 7.77. The van der Waals surface area contributed by atoms with Crippen LogP contribution in [0.25, 0.3) is 11.5 Å². The standard InChI is InChI=1S/C31H38N6O4/c1-3-36-28(37-15-14-27(39)34-31(37)40)16-32-30(36)24-13-10-22-18-35(25(19-38)29(22)33-24)17-21-8-11-23(12-9-21)41-26-7-5-4-6-20(26)2/h8-13,16,20,25-26,38H,3-7,14-15,17-19H2,1-2H3,(H,34,39,40)/t20-,25+,26-/m0/s1. The lowest BCUT2D eigenvalue weighted by atomic mass is 9.88. The molecule has 0 spiro atoms. The van der Waals surface area contributed by atoms with E-state index >= 15 is 0 Å². The summed E-state index contributed by atoms with van der Waals surface area (Å²) in [5, 5.41) is 12.8. The van der Waals surface area contributed by atoms with E-state index in [0.717, 1.165) is 29.0 Å². The molecule has 1 saturated heterocycles. The van der Waals surface area contributed by atoms with Crippen molar-refractivity contribution in [1.82, 2.24) is 24.8 Å². The number of ether oxygens (including phenoxy) is 1. The normalized spacial score (nSPS) is 23.0. The van der Waals surface area contributed by atoms with E-state index in [1.54, 1.807) is 11.1 Å². The summed E-state index contributed by atoms with van der Waals surface area (Å²) in [5.41, 5.74) is 3.78. The van der Waals surface area contributed by atoms with Gasteiger partial charge in [-0.25, -0.2) is 14.8 Å². The Morgan fingerprint density at radius 2 is 1.90 bits per heavy atom. The van der Waals surface area contributed by atoms with Gasteiger partial charge in [0, 0.05) is 32.6 Å². The van der Waals surface area contributed by atoms with E-state index < -0.39 is 6.03 Å². The summed E-state index contributed by atoms with van der Waals surface area (Å²) in [6, 6.07) is 11.7. The first-order valence-electron chi connectivity index (χ1n) is 14.7. The predicted octanol–water partition coefficient (Wildman–Crippen LogP) is 4.42. The second-order valence-corrected chi connectivity index (χ2v) is 11.3. The van der Waals surface area contributed by atoms with E-state index in [4.69, 9.17) is 9.72 Å². The fourth-order valence-corrected chi connectivity index (χ4v) is 6.34. The minimum Gasteiger partial charge on any atom is -0.490 e. The monoisotopic (exact) mass is 558 g/mol. The highest BCUT2D eigenvalue weighted by Gasteiger charge is 2.33. The van der Waals surface area contributed by atoms with Crippen LogP contribution in [0.4, 0.5) is 10.6 Å². The van der Waals surface area contributed by atoms with E-state index in [9.17, 15) is 14.7 Å². The number of hydrogen-bond donors (Lipinski definition) is 2. The lowest BCUT2D eigenvalue weighted by Crippen LogP contribution is -2.50. The molecular weight excluding hydrogens is 520 g/mol. The number of anilines is 1. The Morgan fingerprint density at radius 1 is 1.10 bits per heavy atom. The van der Waals surface area contributed by atoms with Crippen molar-refractivity contribution < 1.29 is 19.4 Å². The molecule has 3 atom stereocenters. The molecule has 2 aliphatic heterocycles. The molecule has 41 heavy (non-hydrogen) atoms. The number of pyridine rings is 1. The second kappa shape index (κ2) is 11.6. The maximum absolute atomic E-state index is 12.5. The topological polar surface area (TPSA) is 113 Å². The summed E-state index contributed by atoms with van der Waals surface area (Å²) in [6.07, 6.45) is 7.08. The van der Waals surface area contributed by atoms with Crippen LogP contribution < -0.4 is 15.0 Å². The molecular formula is C31H38N6O4. The lowest BCUT2D eigenvalue weighted by Gasteiger charge is -2.29. The summed E-state index contributed by atoms with van der Waals surface area (Å²) in [4.78, 5) is 37.4. The molecule has 6 rings (SSSR count). The number of imidazole rings is 1. The Labute approximate surface area is 240 Å². The van der Waals surface area contributed by atoms with Crippen LogP contribution in [0, 0.1) is 5.92 Å². The van der Waals surface area contributed by atoms with Crippen molar-refractivity contribution in [3.05, 3.63) is 59.4 Å². The molecule has 1 saturated carbocycles. The lowest BCUT2D eigenvalue weighted by molar-refractivity contribution is -0.120. The number of hydrogen-bond acceptors (Lipinski definition) is 7. The molecule has 0 unspecified atom stereocenters. The average molecular weight is 559 g/mol. The third kappa shape index (κ3) is 5.46. The first-order valence-corrected chi connectivity index (χ1v) is 14.7. The highest BCUT2D eigenvalue weighted by atomic mass is 16.5. The number of aliphatic hydroxyl groups excluding tert-OH is 1. The number of amides is 3. The molecule has 10 heteroatoms. The van der Waals surface area contributed by atoms with Crippen molar-refractivity contribution in [1.29, 1.82) is 0 Å². The van der Waals surface area contributed by atoms with Crippen LogP contribution in [0.1, 0.15) is 68.8 Å². The third-order valence-electron chi connectivity index (χ3n) is 8.65. The highest BCUT2D eigenvalue weighted by molar-refractivity contribution is 6.05. The molecule has 216 valence electrons. The van der Waals surface area contributed by atoms with Gasteiger partial charge < -0.3 is 14.4 Å². The Bertz CT molecular complexity index is 1420. The van der Waals surface area contributed by atoms with Gasteiger partial charge in [-0.15, -0.1) is 0 Å². The van der Waals surface area contributed by atoms with Gasteiger partial charge >= 0.3 is 6.03 Å². The van der Waals surface area contributed by atoms with Crippen LogP contribution in [-0.4, -0.2) is 55.7 Å². The number of aromatic nitrogens is 3. The zero-order chi connectivity index (χ0) is 28.5. The summed E-state index contributed by atoms with van der Waals surface area (Å²) in [5.74, 6) is 2.51. The minimum atomic E-state index is -0.441. The zero-order valence-corrected chi connectivity index (χ0v) is 23.8. The van der Waals surface area contributed by atoms with Gasteiger partial charge in [0.2, 0.25) is 5.91 Å².